The topological polar surface area (TPSA) is 52.6 Å². The second kappa shape index (κ2) is 5.98. The molecule has 0 aliphatic carbocycles. The molecule has 16 heavy (non-hydrogen) atoms. The number of rotatable bonds is 6. The molecule has 0 N–H and O–H groups in total. The number of hydrogen-bond donors (Lipinski definition) is 0. The molecule has 5 heteroatoms. The molecule has 0 aliphatic rings. The molecule has 1 aromatic carbocycles. The van der Waals surface area contributed by atoms with E-state index in [1.54, 1.807) is 6.92 Å². The molecule has 1 unspecified atom stereocenters. The Kier molecular flexibility index (Phi) is 4.92. The van der Waals surface area contributed by atoms with Crippen molar-refractivity contribution >= 4 is 10.1 Å². The molecular weight excluding hydrogens is 228 g/mol. The smallest absolute Gasteiger partial charge is 0.266 e. The molecule has 4 nitrogen and oxygen atoms in total. The molecule has 1 rings (SSSR count). The second-order valence-corrected chi connectivity index (χ2v) is 5.08. The first-order valence-electron chi connectivity index (χ1n) is 5.01. The van der Waals surface area contributed by atoms with Crippen molar-refractivity contribution in [3.05, 3.63) is 35.9 Å². The van der Waals surface area contributed by atoms with E-state index in [2.05, 4.69) is 4.18 Å². The fourth-order valence-electron chi connectivity index (χ4n) is 1.26. The van der Waals surface area contributed by atoms with Crippen LogP contribution >= 0.6 is 0 Å². The van der Waals surface area contributed by atoms with E-state index in [9.17, 15) is 8.42 Å². The van der Waals surface area contributed by atoms with Crippen LogP contribution in [0.2, 0.25) is 0 Å². The molecule has 0 fully saturated rings. The largest absolute Gasteiger partial charge is 0.351 e. The summed E-state index contributed by atoms with van der Waals surface area (Å²) in [5, 5.41) is 0. The van der Waals surface area contributed by atoms with Crippen molar-refractivity contribution in [3.8, 4) is 0 Å². The summed E-state index contributed by atoms with van der Waals surface area (Å²) in [7, 11) is -3.44. The third-order valence-corrected chi connectivity index (χ3v) is 2.52. The van der Waals surface area contributed by atoms with Gasteiger partial charge in [0.25, 0.3) is 10.1 Å². The van der Waals surface area contributed by atoms with Gasteiger partial charge >= 0.3 is 0 Å². The van der Waals surface area contributed by atoms with E-state index >= 15 is 0 Å². The Bertz CT molecular complexity index is 399. The summed E-state index contributed by atoms with van der Waals surface area (Å²) in [4.78, 5) is 0. The van der Waals surface area contributed by atoms with Gasteiger partial charge in [0.05, 0.1) is 12.9 Å². The van der Waals surface area contributed by atoms with Crippen molar-refractivity contribution in [1.82, 2.24) is 0 Å². The predicted molar refractivity (Wildman–Crippen MR) is 61.5 cm³/mol. The predicted octanol–water partition coefficient (Wildman–Crippen LogP) is 1.57. The summed E-state index contributed by atoms with van der Waals surface area (Å²) >= 11 is 0. The molecule has 0 aliphatic heterocycles. The lowest BCUT2D eigenvalue weighted by Gasteiger charge is -2.11. The zero-order valence-electron chi connectivity index (χ0n) is 9.42. The lowest BCUT2D eigenvalue weighted by molar-refractivity contribution is -0.0608. The molecule has 0 spiro atoms. The highest BCUT2D eigenvalue weighted by molar-refractivity contribution is 7.86. The summed E-state index contributed by atoms with van der Waals surface area (Å²) in [6, 6.07) is 9.83. The molecule has 0 saturated carbocycles. The average molecular weight is 244 g/mol. The van der Waals surface area contributed by atoms with E-state index in [0.717, 1.165) is 18.2 Å². The minimum absolute atomic E-state index is 0.431. The Morgan fingerprint density at radius 2 is 1.88 bits per heavy atom. The molecule has 0 bridgehead atoms. The van der Waals surface area contributed by atoms with Crippen LogP contribution in [-0.2, 0) is 25.5 Å². The van der Waals surface area contributed by atoms with E-state index in [1.165, 1.54) is 0 Å². The molecule has 0 radical (unpaired) electrons. The zero-order valence-corrected chi connectivity index (χ0v) is 10.2. The van der Waals surface area contributed by atoms with Crippen molar-refractivity contribution in [1.29, 1.82) is 0 Å². The van der Waals surface area contributed by atoms with Crippen LogP contribution in [0.1, 0.15) is 12.5 Å². The van der Waals surface area contributed by atoms with Crippen LogP contribution in [0.25, 0.3) is 0 Å². The van der Waals surface area contributed by atoms with E-state index < -0.39 is 16.4 Å². The first-order chi connectivity index (χ1) is 7.47. The number of hydrogen-bond acceptors (Lipinski definition) is 4. The molecule has 0 aromatic heterocycles. The standard InChI is InChI=1S/C11H16O4S/c1-10(15-16(2,12)13)14-9-8-11-6-4-3-5-7-11/h3-7,10H,8-9H2,1-2H3. The van der Waals surface area contributed by atoms with Crippen molar-refractivity contribution in [2.45, 2.75) is 19.6 Å². The van der Waals surface area contributed by atoms with Crippen molar-refractivity contribution in [2.75, 3.05) is 12.9 Å². The zero-order chi connectivity index (χ0) is 12.0. The molecule has 0 heterocycles. The van der Waals surface area contributed by atoms with Crippen LogP contribution in [0.4, 0.5) is 0 Å². The first kappa shape index (κ1) is 13.2. The van der Waals surface area contributed by atoms with E-state index in [1.807, 2.05) is 30.3 Å². The Morgan fingerprint density at radius 1 is 1.25 bits per heavy atom. The van der Waals surface area contributed by atoms with Gasteiger partial charge in [0.1, 0.15) is 0 Å². The molecular formula is C11H16O4S. The Morgan fingerprint density at radius 3 is 2.44 bits per heavy atom. The minimum Gasteiger partial charge on any atom is -0.351 e. The van der Waals surface area contributed by atoms with Gasteiger partial charge in [-0.1, -0.05) is 30.3 Å². The second-order valence-electron chi connectivity index (χ2n) is 3.47. The third kappa shape index (κ3) is 5.85. The average Bonchev–Trinajstić information content (AvgIpc) is 2.16. The van der Waals surface area contributed by atoms with Crippen molar-refractivity contribution < 1.29 is 17.3 Å². The van der Waals surface area contributed by atoms with Gasteiger partial charge in [0.2, 0.25) is 0 Å². The van der Waals surface area contributed by atoms with Gasteiger partial charge in [-0.3, -0.25) is 0 Å². The Labute approximate surface area is 96.3 Å². The molecule has 90 valence electrons. The van der Waals surface area contributed by atoms with Crippen molar-refractivity contribution in [3.63, 3.8) is 0 Å². The van der Waals surface area contributed by atoms with Crippen molar-refractivity contribution in [2.24, 2.45) is 0 Å². The monoisotopic (exact) mass is 244 g/mol. The first-order valence-corrected chi connectivity index (χ1v) is 6.83. The molecule has 1 aromatic rings. The van der Waals surface area contributed by atoms with Crippen LogP contribution in [0.5, 0.6) is 0 Å². The summed E-state index contributed by atoms with van der Waals surface area (Å²) < 4.78 is 31.4. The van der Waals surface area contributed by atoms with Crippen LogP contribution in [0, 0.1) is 0 Å². The van der Waals surface area contributed by atoms with Crippen LogP contribution < -0.4 is 0 Å². The van der Waals surface area contributed by atoms with Gasteiger partial charge in [-0.05, 0) is 18.9 Å². The lowest BCUT2D eigenvalue weighted by Crippen LogP contribution is -2.18. The highest BCUT2D eigenvalue weighted by atomic mass is 32.2. The fourth-order valence-corrected chi connectivity index (χ4v) is 1.81. The van der Waals surface area contributed by atoms with Gasteiger partial charge in [0, 0.05) is 0 Å². The van der Waals surface area contributed by atoms with Crippen LogP contribution in [0.3, 0.4) is 0 Å². The van der Waals surface area contributed by atoms with E-state index in [-0.39, 0.29) is 0 Å². The van der Waals surface area contributed by atoms with Gasteiger partial charge in [0.15, 0.2) is 6.29 Å². The quantitative estimate of drug-likeness (QED) is 0.563. The van der Waals surface area contributed by atoms with Gasteiger partial charge < -0.3 is 4.74 Å². The van der Waals surface area contributed by atoms with E-state index in [4.69, 9.17) is 4.74 Å². The molecule has 0 saturated heterocycles. The normalized spacial score (nSPS) is 13.6. The maximum atomic E-state index is 10.8. The highest BCUT2D eigenvalue weighted by Gasteiger charge is 2.09. The van der Waals surface area contributed by atoms with E-state index in [0.29, 0.717) is 6.61 Å². The number of benzene rings is 1. The summed E-state index contributed by atoms with van der Waals surface area (Å²) in [6.45, 7) is 1.99. The maximum Gasteiger partial charge on any atom is 0.266 e. The Hall–Kier alpha value is -0.910. The third-order valence-electron chi connectivity index (χ3n) is 1.90. The molecule has 1 atom stereocenters. The van der Waals surface area contributed by atoms with Gasteiger partial charge in [-0.15, -0.1) is 0 Å². The number of ether oxygens (including phenoxy) is 1. The van der Waals surface area contributed by atoms with Crippen LogP contribution in [-0.4, -0.2) is 27.6 Å². The lowest BCUT2D eigenvalue weighted by atomic mass is 10.2. The molecule has 0 amide bonds. The Balaban J connectivity index is 2.26. The minimum atomic E-state index is -3.44. The fraction of sp³-hybridized carbons (Fsp3) is 0.455. The van der Waals surface area contributed by atoms with Gasteiger partial charge in [-0.25, -0.2) is 4.18 Å². The SMILES string of the molecule is CC(OCCc1ccccc1)OS(C)(=O)=O. The highest BCUT2D eigenvalue weighted by Crippen LogP contribution is 2.03. The summed E-state index contributed by atoms with van der Waals surface area (Å²) in [5.41, 5.74) is 1.15. The van der Waals surface area contributed by atoms with Gasteiger partial charge in [-0.2, -0.15) is 8.42 Å². The summed E-state index contributed by atoms with van der Waals surface area (Å²) in [6.07, 6.45) is 1.00. The van der Waals surface area contributed by atoms with Crippen LogP contribution in [0.15, 0.2) is 30.3 Å². The summed E-state index contributed by atoms with van der Waals surface area (Å²) in [5.74, 6) is 0. The maximum absolute atomic E-state index is 10.8.